The summed E-state index contributed by atoms with van der Waals surface area (Å²) in [6.07, 6.45) is 1.61. The number of fused-ring (bicyclic) bond motifs is 1. The summed E-state index contributed by atoms with van der Waals surface area (Å²) in [6, 6.07) is 12.7. The Hall–Kier alpha value is -4.90. The van der Waals surface area contributed by atoms with E-state index in [9.17, 15) is 19.5 Å². The van der Waals surface area contributed by atoms with E-state index >= 15 is 0 Å². The van der Waals surface area contributed by atoms with Gasteiger partial charge in [-0.2, -0.15) is 0 Å². The van der Waals surface area contributed by atoms with E-state index in [2.05, 4.69) is 4.99 Å². The van der Waals surface area contributed by atoms with Crippen molar-refractivity contribution in [2.24, 2.45) is 4.99 Å². The molecule has 3 heterocycles. The molecular formula is C32H30N2O8S. The van der Waals surface area contributed by atoms with Crippen LogP contribution in [0.15, 0.2) is 74.0 Å². The number of carbonyl (C=O) groups excluding carboxylic acids is 1. The predicted octanol–water partition coefficient (Wildman–Crippen LogP) is 4.47. The van der Waals surface area contributed by atoms with Gasteiger partial charge in [0.25, 0.3) is 5.56 Å². The predicted molar refractivity (Wildman–Crippen MR) is 160 cm³/mol. The number of nitrogens with zero attached hydrogens (tertiary/aromatic N) is 2. The molecule has 0 saturated heterocycles. The zero-order valence-corrected chi connectivity index (χ0v) is 25.1. The number of carbonyl (C=O) groups is 2. The highest BCUT2D eigenvalue weighted by atomic mass is 32.1. The number of hydrogen-bond donors (Lipinski definition) is 1. The molecule has 5 rings (SSSR count). The molecule has 1 atom stereocenters. The SMILES string of the molecule is CCOC(=O)C1=C(C)N=c2s/c(=C\c3ccc(-c4cc(C(=O)O)ccc4C)o3)c(=O)n2[C@@H]1c1ccc(OC)c(OCC)c1. The molecule has 43 heavy (non-hydrogen) atoms. The number of allylic oxidation sites excluding steroid dienone is 1. The Morgan fingerprint density at radius 3 is 2.56 bits per heavy atom. The minimum Gasteiger partial charge on any atom is -0.493 e. The Morgan fingerprint density at radius 2 is 1.86 bits per heavy atom. The van der Waals surface area contributed by atoms with Crippen molar-refractivity contribution >= 4 is 29.4 Å². The second-order valence-electron chi connectivity index (χ2n) is 9.68. The lowest BCUT2D eigenvalue weighted by Gasteiger charge is -2.25. The first-order valence-electron chi connectivity index (χ1n) is 13.6. The quantitative estimate of drug-likeness (QED) is 0.278. The standard InChI is InChI=1S/C32H30N2O8S/c1-6-40-25-15-19(10-12-24(25)39-5)28-27(31(38)41-7-2)18(4)33-32-34(28)29(35)26(43-32)16-21-11-13-23(42-21)22-14-20(30(36)37)9-8-17(22)3/h8-16,28H,6-7H2,1-5H3,(H,36,37)/b26-16-/t28-/m1/s1. The molecule has 0 radical (unpaired) electrons. The molecule has 0 aliphatic carbocycles. The number of aryl methyl sites for hydroxylation is 1. The van der Waals surface area contributed by atoms with Crippen molar-refractivity contribution in [1.82, 2.24) is 4.57 Å². The molecule has 222 valence electrons. The molecule has 2 aromatic heterocycles. The number of thiazole rings is 1. The fraction of sp³-hybridized carbons (Fsp3) is 0.250. The third-order valence-electron chi connectivity index (χ3n) is 6.97. The van der Waals surface area contributed by atoms with Crippen molar-refractivity contribution in [2.75, 3.05) is 20.3 Å². The maximum atomic E-state index is 14.0. The van der Waals surface area contributed by atoms with Crippen LogP contribution in [0.5, 0.6) is 11.5 Å². The Kier molecular flexibility index (Phi) is 8.36. The maximum Gasteiger partial charge on any atom is 0.338 e. The second-order valence-corrected chi connectivity index (χ2v) is 10.7. The van der Waals surface area contributed by atoms with Gasteiger partial charge in [0.15, 0.2) is 16.3 Å². The lowest BCUT2D eigenvalue weighted by Crippen LogP contribution is -2.39. The van der Waals surface area contributed by atoms with Crippen LogP contribution in [0.3, 0.4) is 0 Å². The molecule has 4 aromatic rings. The average Bonchev–Trinajstić information content (AvgIpc) is 3.56. The lowest BCUT2D eigenvalue weighted by atomic mass is 9.95. The van der Waals surface area contributed by atoms with Gasteiger partial charge in [-0.1, -0.05) is 23.5 Å². The molecule has 2 aromatic carbocycles. The van der Waals surface area contributed by atoms with Crippen LogP contribution in [0.1, 0.15) is 54.1 Å². The number of methoxy groups -OCH3 is 1. The zero-order chi connectivity index (χ0) is 30.8. The van der Waals surface area contributed by atoms with E-state index in [1.165, 1.54) is 22.0 Å². The van der Waals surface area contributed by atoms with Crippen molar-refractivity contribution in [1.29, 1.82) is 0 Å². The summed E-state index contributed by atoms with van der Waals surface area (Å²) < 4.78 is 24.5. The van der Waals surface area contributed by atoms with E-state index in [4.69, 9.17) is 18.6 Å². The van der Waals surface area contributed by atoms with Gasteiger partial charge in [-0.25, -0.2) is 14.6 Å². The number of carboxylic acid groups (broad SMARTS) is 1. The summed E-state index contributed by atoms with van der Waals surface area (Å²) in [5.74, 6) is 0.279. The molecule has 11 heteroatoms. The number of hydrogen-bond acceptors (Lipinski definition) is 9. The van der Waals surface area contributed by atoms with Crippen LogP contribution in [0.25, 0.3) is 17.4 Å². The Morgan fingerprint density at radius 1 is 1.07 bits per heavy atom. The average molecular weight is 603 g/mol. The fourth-order valence-electron chi connectivity index (χ4n) is 4.96. The van der Waals surface area contributed by atoms with Gasteiger partial charge in [0, 0.05) is 11.6 Å². The van der Waals surface area contributed by atoms with Gasteiger partial charge in [-0.05, 0) is 75.2 Å². The van der Waals surface area contributed by atoms with Crippen molar-refractivity contribution in [3.05, 3.63) is 102 Å². The van der Waals surface area contributed by atoms with Gasteiger partial charge in [0.05, 0.1) is 47.7 Å². The molecule has 0 unspecified atom stereocenters. The molecule has 1 N–H and O–H groups in total. The van der Waals surface area contributed by atoms with Gasteiger partial charge in [-0.15, -0.1) is 0 Å². The summed E-state index contributed by atoms with van der Waals surface area (Å²) in [7, 11) is 1.54. The highest BCUT2D eigenvalue weighted by molar-refractivity contribution is 7.07. The summed E-state index contributed by atoms with van der Waals surface area (Å²) in [5, 5.41) is 9.40. The van der Waals surface area contributed by atoms with Crippen molar-refractivity contribution in [3.63, 3.8) is 0 Å². The molecule has 0 fully saturated rings. The first kappa shape index (κ1) is 29.6. The highest BCUT2D eigenvalue weighted by Gasteiger charge is 2.34. The summed E-state index contributed by atoms with van der Waals surface area (Å²) in [5.41, 5.74) is 2.59. The topological polar surface area (TPSA) is 130 Å². The normalized spacial score (nSPS) is 14.7. The Balaban J connectivity index is 1.65. The Bertz CT molecular complexity index is 1950. The monoisotopic (exact) mass is 602 g/mol. The number of aromatic nitrogens is 1. The van der Waals surface area contributed by atoms with Crippen LogP contribution >= 0.6 is 11.3 Å². The smallest absolute Gasteiger partial charge is 0.338 e. The fourth-order valence-corrected chi connectivity index (χ4v) is 5.99. The highest BCUT2D eigenvalue weighted by Crippen LogP contribution is 2.36. The summed E-state index contributed by atoms with van der Waals surface area (Å²) in [6.45, 7) is 7.71. The zero-order valence-electron chi connectivity index (χ0n) is 24.3. The largest absolute Gasteiger partial charge is 0.493 e. The minimum atomic E-state index is -1.04. The summed E-state index contributed by atoms with van der Waals surface area (Å²) >= 11 is 1.17. The lowest BCUT2D eigenvalue weighted by molar-refractivity contribution is -0.139. The van der Waals surface area contributed by atoms with Gasteiger partial charge >= 0.3 is 11.9 Å². The van der Waals surface area contributed by atoms with E-state index < -0.39 is 18.0 Å². The van der Waals surface area contributed by atoms with Gasteiger partial charge in [0.1, 0.15) is 11.5 Å². The molecule has 1 aliphatic rings. The van der Waals surface area contributed by atoms with E-state index in [-0.39, 0.29) is 23.3 Å². The van der Waals surface area contributed by atoms with E-state index in [0.717, 1.165) is 5.56 Å². The van der Waals surface area contributed by atoms with Crippen molar-refractivity contribution < 1.29 is 33.3 Å². The number of esters is 1. The maximum absolute atomic E-state index is 14.0. The first-order valence-corrected chi connectivity index (χ1v) is 14.4. The van der Waals surface area contributed by atoms with Crippen LogP contribution in [0, 0.1) is 6.92 Å². The van der Waals surface area contributed by atoms with Crippen LogP contribution in [-0.2, 0) is 9.53 Å². The van der Waals surface area contributed by atoms with E-state index in [0.29, 0.717) is 55.8 Å². The number of rotatable bonds is 9. The summed E-state index contributed by atoms with van der Waals surface area (Å²) in [4.78, 5) is 43.7. The van der Waals surface area contributed by atoms with Crippen LogP contribution in [-0.4, -0.2) is 41.9 Å². The van der Waals surface area contributed by atoms with E-state index in [1.54, 1.807) is 69.5 Å². The molecule has 0 bridgehead atoms. The molecule has 0 saturated carbocycles. The van der Waals surface area contributed by atoms with Gasteiger partial charge in [0.2, 0.25) is 0 Å². The third-order valence-corrected chi connectivity index (χ3v) is 7.95. The number of carboxylic acids is 1. The van der Waals surface area contributed by atoms with Crippen LogP contribution in [0.4, 0.5) is 0 Å². The third kappa shape index (κ3) is 5.63. The van der Waals surface area contributed by atoms with Crippen LogP contribution < -0.4 is 24.4 Å². The molecule has 10 nitrogen and oxygen atoms in total. The second kappa shape index (κ2) is 12.1. The first-order chi connectivity index (χ1) is 20.7. The van der Waals surface area contributed by atoms with Crippen molar-refractivity contribution in [2.45, 2.75) is 33.7 Å². The number of ether oxygens (including phenoxy) is 3. The molecule has 0 amide bonds. The molecular weight excluding hydrogens is 572 g/mol. The molecule has 0 spiro atoms. The number of benzene rings is 2. The van der Waals surface area contributed by atoms with Gasteiger partial charge in [-0.3, -0.25) is 9.36 Å². The van der Waals surface area contributed by atoms with Gasteiger partial charge < -0.3 is 23.7 Å². The van der Waals surface area contributed by atoms with Crippen molar-refractivity contribution in [3.8, 4) is 22.8 Å². The molecule has 1 aliphatic heterocycles. The number of furan rings is 1. The Labute approximate surface area is 250 Å². The minimum absolute atomic E-state index is 0.144. The number of aromatic carboxylic acids is 1. The van der Waals surface area contributed by atoms with Crippen LogP contribution in [0.2, 0.25) is 0 Å². The van der Waals surface area contributed by atoms with E-state index in [1.807, 2.05) is 13.8 Å².